The topological polar surface area (TPSA) is 73.0 Å². The number of rotatable bonds is 8. The van der Waals surface area contributed by atoms with Crippen molar-refractivity contribution >= 4 is 5.91 Å². The highest BCUT2D eigenvalue weighted by Crippen LogP contribution is 2.21. The van der Waals surface area contributed by atoms with Gasteiger partial charge in [-0.05, 0) is 50.6 Å². The molecular formula is C20H23FN4O2. The van der Waals surface area contributed by atoms with Crippen molar-refractivity contribution in [1.29, 1.82) is 0 Å². The zero-order valence-electron chi connectivity index (χ0n) is 15.5. The number of halogens is 1. The third-order valence-corrected chi connectivity index (χ3v) is 4.22. The Morgan fingerprint density at radius 3 is 2.74 bits per heavy atom. The summed E-state index contributed by atoms with van der Waals surface area (Å²) < 4.78 is 20.5. The molecule has 1 N–H and O–H groups in total. The zero-order valence-corrected chi connectivity index (χ0v) is 15.5. The molecule has 1 aromatic carbocycles. The minimum Gasteiger partial charge on any atom is -0.441 e. The molecule has 1 amide bonds. The first-order chi connectivity index (χ1) is 13.0. The molecule has 2 heterocycles. The Morgan fingerprint density at radius 2 is 2.04 bits per heavy atom. The second-order valence-electron chi connectivity index (χ2n) is 6.48. The molecule has 0 radical (unpaired) electrons. The smallest absolute Gasteiger partial charge is 0.220 e. The van der Waals surface area contributed by atoms with E-state index in [1.165, 1.54) is 12.1 Å². The molecule has 0 saturated carbocycles. The first-order valence-electron chi connectivity index (χ1n) is 8.99. The summed E-state index contributed by atoms with van der Waals surface area (Å²) in [5, 5.41) is 7.30. The third kappa shape index (κ3) is 5.26. The molecule has 0 fully saturated rings. The Bertz CT molecular complexity index is 899. The number of amides is 1. The van der Waals surface area contributed by atoms with E-state index in [1.54, 1.807) is 18.3 Å². The maximum atomic E-state index is 13.0. The maximum absolute atomic E-state index is 13.0. The van der Waals surface area contributed by atoms with E-state index >= 15 is 0 Å². The zero-order chi connectivity index (χ0) is 19.2. The summed E-state index contributed by atoms with van der Waals surface area (Å²) in [5.41, 5.74) is 2.88. The molecule has 0 aliphatic carbocycles. The lowest BCUT2D eigenvalue weighted by atomic mass is 10.2. The van der Waals surface area contributed by atoms with Crippen LogP contribution in [0.4, 0.5) is 4.39 Å². The molecule has 0 saturated heterocycles. The van der Waals surface area contributed by atoms with E-state index in [1.807, 2.05) is 24.6 Å². The van der Waals surface area contributed by atoms with Crippen molar-refractivity contribution in [3.05, 3.63) is 59.6 Å². The highest BCUT2D eigenvalue weighted by Gasteiger charge is 2.09. The van der Waals surface area contributed by atoms with Crippen LogP contribution in [0.25, 0.3) is 11.3 Å². The van der Waals surface area contributed by atoms with E-state index in [-0.39, 0.29) is 11.7 Å². The normalized spacial score (nSPS) is 10.9. The molecule has 0 spiro atoms. The van der Waals surface area contributed by atoms with E-state index in [2.05, 4.69) is 15.4 Å². The molecule has 0 bridgehead atoms. The van der Waals surface area contributed by atoms with Crippen LogP contribution in [0.1, 0.15) is 30.1 Å². The van der Waals surface area contributed by atoms with Gasteiger partial charge in [-0.1, -0.05) is 0 Å². The van der Waals surface area contributed by atoms with Crippen LogP contribution in [0.5, 0.6) is 0 Å². The first kappa shape index (κ1) is 18.8. The molecule has 2 aromatic heterocycles. The number of carbonyl (C=O) groups excluding carboxylic acids is 1. The van der Waals surface area contributed by atoms with E-state index in [9.17, 15) is 9.18 Å². The van der Waals surface area contributed by atoms with E-state index < -0.39 is 0 Å². The first-order valence-corrected chi connectivity index (χ1v) is 8.99. The summed E-state index contributed by atoms with van der Waals surface area (Å²) in [4.78, 5) is 16.2. The lowest BCUT2D eigenvalue weighted by Gasteiger charge is -2.06. The van der Waals surface area contributed by atoms with Crippen molar-refractivity contribution in [3.8, 4) is 11.3 Å². The van der Waals surface area contributed by atoms with Crippen molar-refractivity contribution in [2.45, 2.75) is 39.7 Å². The number of benzene rings is 1. The molecule has 0 unspecified atom stereocenters. The SMILES string of the molecule is Cc1cc(C)n(CCCNC(=O)CCc2ncc(-c3ccc(F)cc3)o2)n1. The van der Waals surface area contributed by atoms with Gasteiger partial charge in [-0.25, -0.2) is 9.37 Å². The molecule has 3 rings (SSSR count). The fraction of sp³-hybridized carbons (Fsp3) is 0.350. The number of nitrogens with one attached hydrogen (secondary N) is 1. The highest BCUT2D eigenvalue weighted by atomic mass is 19.1. The summed E-state index contributed by atoms with van der Waals surface area (Å²) in [6.45, 7) is 5.37. The van der Waals surface area contributed by atoms with Gasteiger partial charge in [0.15, 0.2) is 11.7 Å². The monoisotopic (exact) mass is 370 g/mol. The molecule has 3 aromatic rings. The number of hydrogen-bond donors (Lipinski definition) is 1. The number of aromatic nitrogens is 3. The van der Waals surface area contributed by atoms with Gasteiger partial charge in [-0.15, -0.1) is 0 Å². The lowest BCUT2D eigenvalue weighted by molar-refractivity contribution is -0.121. The fourth-order valence-electron chi connectivity index (χ4n) is 2.84. The number of aryl methyl sites for hydroxylation is 4. The van der Waals surface area contributed by atoms with Gasteiger partial charge in [0.05, 0.1) is 11.9 Å². The van der Waals surface area contributed by atoms with Gasteiger partial charge in [-0.2, -0.15) is 5.10 Å². The predicted octanol–water partition coefficient (Wildman–Crippen LogP) is 3.43. The summed E-state index contributed by atoms with van der Waals surface area (Å²) in [5.74, 6) is 0.723. The van der Waals surface area contributed by atoms with Crippen molar-refractivity contribution < 1.29 is 13.6 Å². The van der Waals surface area contributed by atoms with Crippen LogP contribution in [0.2, 0.25) is 0 Å². The molecule has 7 heteroatoms. The van der Waals surface area contributed by atoms with E-state index in [4.69, 9.17) is 4.42 Å². The quantitative estimate of drug-likeness (QED) is 0.617. The standard InChI is InChI=1S/C20H23FN4O2/c1-14-12-15(2)25(24-14)11-3-10-22-19(26)8-9-20-23-13-18(27-20)16-4-6-17(21)7-5-16/h4-7,12-13H,3,8-11H2,1-2H3,(H,22,26). The van der Waals surface area contributed by atoms with Crippen LogP contribution >= 0.6 is 0 Å². The lowest BCUT2D eigenvalue weighted by Crippen LogP contribution is -2.25. The van der Waals surface area contributed by atoms with Crippen LogP contribution < -0.4 is 5.32 Å². The molecule has 0 atom stereocenters. The van der Waals surface area contributed by atoms with Crippen molar-refractivity contribution in [2.75, 3.05) is 6.54 Å². The van der Waals surface area contributed by atoms with E-state index in [0.717, 1.165) is 29.9 Å². The second-order valence-corrected chi connectivity index (χ2v) is 6.48. The Hall–Kier alpha value is -2.96. The summed E-state index contributed by atoms with van der Waals surface area (Å²) in [6, 6.07) is 8.05. The number of carbonyl (C=O) groups is 1. The fourth-order valence-corrected chi connectivity index (χ4v) is 2.84. The van der Waals surface area contributed by atoms with Crippen molar-refractivity contribution in [1.82, 2.24) is 20.1 Å². The molecule has 0 aliphatic heterocycles. The van der Waals surface area contributed by atoms with Crippen molar-refractivity contribution in [2.24, 2.45) is 0 Å². The highest BCUT2D eigenvalue weighted by molar-refractivity contribution is 5.76. The van der Waals surface area contributed by atoms with Gasteiger partial charge in [-0.3, -0.25) is 9.48 Å². The van der Waals surface area contributed by atoms with E-state index in [0.29, 0.717) is 31.0 Å². The van der Waals surface area contributed by atoms with Gasteiger partial charge in [0.25, 0.3) is 0 Å². The Labute approximate surface area is 157 Å². The number of nitrogens with zero attached hydrogens (tertiary/aromatic N) is 3. The van der Waals surface area contributed by atoms with Gasteiger partial charge in [0, 0.05) is 37.2 Å². The summed E-state index contributed by atoms with van der Waals surface area (Å²) in [6.07, 6.45) is 3.14. The molecule has 142 valence electrons. The largest absolute Gasteiger partial charge is 0.441 e. The molecule has 0 aliphatic rings. The van der Waals surface area contributed by atoms with Crippen LogP contribution in [0.15, 0.2) is 40.9 Å². The van der Waals surface area contributed by atoms with Crippen molar-refractivity contribution in [3.63, 3.8) is 0 Å². The minimum absolute atomic E-state index is 0.0371. The van der Waals surface area contributed by atoms with Gasteiger partial charge < -0.3 is 9.73 Å². The van der Waals surface area contributed by atoms with Gasteiger partial charge in [0.2, 0.25) is 5.91 Å². The Balaban J connectivity index is 1.39. The predicted molar refractivity (Wildman–Crippen MR) is 99.5 cm³/mol. The number of oxazole rings is 1. The van der Waals surface area contributed by atoms with Gasteiger partial charge in [0.1, 0.15) is 5.82 Å². The third-order valence-electron chi connectivity index (χ3n) is 4.22. The molecule has 6 nitrogen and oxygen atoms in total. The number of hydrogen-bond acceptors (Lipinski definition) is 4. The second kappa shape index (κ2) is 8.62. The summed E-state index contributed by atoms with van der Waals surface area (Å²) in [7, 11) is 0. The Morgan fingerprint density at radius 1 is 1.26 bits per heavy atom. The van der Waals surface area contributed by atoms with Crippen LogP contribution in [0, 0.1) is 19.7 Å². The molecular weight excluding hydrogens is 347 g/mol. The molecule has 27 heavy (non-hydrogen) atoms. The Kier molecular flexibility index (Phi) is 6.01. The maximum Gasteiger partial charge on any atom is 0.220 e. The van der Waals surface area contributed by atoms with Crippen LogP contribution in [-0.2, 0) is 17.8 Å². The van der Waals surface area contributed by atoms with Crippen LogP contribution in [-0.4, -0.2) is 27.2 Å². The van der Waals surface area contributed by atoms with Crippen LogP contribution in [0.3, 0.4) is 0 Å². The summed E-state index contributed by atoms with van der Waals surface area (Å²) >= 11 is 0. The minimum atomic E-state index is -0.298. The van der Waals surface area contributed by atoms with Gasteiger partial charge >= 0.3 is 0 Å². The average Bonchev–Trinajstić information content (AvgIpc) is 3.24. The average molecular weight is 370 g/mol.